The van der Waals surface area contributed by atoms with E-state index in [-0.39, 0.29) is 46.7 Å². The van der Waals surface area contributed by atoms with Gasteiger partial charge in [0.05, 0.1) is 22.0 Å². The summed E-state index contributed by atoms with van der Waals surface area (Å²) in [6, 6.07) is 21.9. The smallest absolute Gasteiger partial charge is 0.329 e. The highest BCUT2D eigenvalue weighted by Crippen LogP contribution is 2.33. The molecule has 70 heavy (non-hydrogen) atoms. The molecule has 15 nitrogen and oxygen atoms in total. The minimum atomic E-state index is -3.72. The molecule has 0 spiro atoms. The number of hydrogen-bond acceptors (Lipinski definition) is 9. The van der Waals surface area contributed by atoms with E-state index in [1.165, 1.54) is 14.9 Å². The van der Waals surface area contributed by atoms with Crippen molar-refractivity contribution in [1.82, 2.24) is 39.2 Å². The standard InChI is InChI=1S/C54H64N8O7S/c1-36-11-16-42(70(68,69)61-32-25-55-26-33-61)35-46(36)52(65)56-37(2)43-17-14-40(44-8-4-5-9-45(43)44)13-12-38-21-28-59(29-22-38)27-7-6-10-51(64)60-30-23-39(24-31-60)41-15-18-47-49(34-41)58(3)54(67)62(47)48-19-20-50(63)57-53(48)66/h4-5,8-9,11,14-18,34-35,37-39,48,55H,6-7,10,19-33H2,1-3H3,(H,56,65)(H,57,63,66)/t37-,48?/m1/s1. The second-order valence-corrected chi connectivity index (χ2v) is 21.4. The number of fused-ring (bicyclic) bond motifs is 2. The molecule has 4 saturated heterocycles. The number of hydrogen-bond donors (Lipinski definition) is 3. The van der Waals surface area contributed by atoms with Crippen molar-refractivity contribution in [2.24, 2.45) is 13.0 Å². The molecule has 3 N–H and O–H groups in total. The largest absolute Gasteiger partial charge is 0.345 e. The highest BCUT2D eigenvalue weighted by Gasteiger charge is 2.33. The molecular weight excluding hydrogens is 905 g/mol. The second-order valence-electron chi connectivity index (χ2n) is 19.5. The monoisotopic (exact) mass is 968 g/mol. The fraction of sp³-hybridized carbons (Fsp3) is 0.463. The van der Waals surface area contributed by atoms with Gasteiger partial charge in [-0.1, -0.05) is 54.3 Å². The lowest BCUT2D eigenvalue weighted by atomic mass is 9.89. The summed E-state index contributed by atoms with van der Waals surface area (Å²) in [5.41, 5.74) is 5.24. The average molecular weight is 969 g/mol. The third-order valence-corrected chi connectivity index (χ3v) is 16.9. The van der Waals surface area contributed by atoms with Crippen molar-refractivity contribution in [3.63, 3.8) is 0 Å². The van der Waals surface area contributed by atoms with E-state index in [1.807, 2.05) is 61.2 Å². The van der Waals surface area contributed by atoms with Gasteiger partial charge in [0, 0.05) is 76.2 Å². The summed E-state index contributed by atoms with van der Waals surface area (Å²) in [7, 11) is -2.01. The van der Waals surface area contributed by atoms with Crippen molar-refractivity contribution in [2.45, 2.75) is 94.5 Å². The summed E-state index contributed by atoms with van der Waals surface area (Å²) in [4.78, 5) is 69.2. The van der Waals surface area contributed by atoms with Crippen LogP contribution in [0.3, 0.4) is 0 Å². The molecule has 0 saturated carbocycles. The molecule has 9 rings (SSSR count). The van der Waals surface area contributed by atoms with Crippen LogP contribution in [0, 0.1) is 24.7 Å². The van der Waals surface area contributed by atoms with Gasteiger partial charge in [0.25, 0.3) is 5.91 Å². The number of carbonyl (C=O) groups is 4. The summed E-state index contributed by atoms with van der Waals surface area (Å²) in [5.74, 6) is 6.76. The number of imidazole rings is 1. The molecule has 5 heterocycles. The number of likely N-dealkylation sites (tertiary alicyclic amines) is 2. The zero-order chi connectivity index (χ0) is 49.1. The van der Waals surface area contributed by atoms with Gasteiger partial charge < -0.3 is 20.4 Å². The fourth-order valence-corrected chi connectivity index (χ4v) is 12.2. The molecule has 0 aliphatic carbocycles. The number of amides is 4. The first-order valence-corrected chi connectivity index (χ1v) is 26.4. The van der Waals surface area contributed by atoms with Crippen molar-refractivity contribution in [3.8, 4) is 11.8 Å². The average Bonchev–Trinajstić information content (AvgIpc) is 3.62. The Bertz CT molecular complexity index is 3060. The predicted octanol–water partition coefficient (Wildman–Crippen LogP) is 5.50. The van der Waals surface area contributed by atoms with Crippen LogP contribution in [0.2, 0.25) is 0 Å². The van der Waals surface area contributed by atoms with Gasteiger partial charge in [-0.25, -0.2) is 13.2 Å². The Kier molecular flexibility index (Phi) is 14.7. The predicted molar refractivity (Wildman–Crippen MR) is 270 cm³/mol. The molecule has 4 aromatic carbocycles. The maximum absolute atomic E-state index is 13.7. The molecule has 4 fully saturated rings. The Morgan fingerprint density at radius 1 is 0.829 bits per heavy atom. The fourth-order valence-electron chi connectivity index (χ4n) is 10.8. The molecule has 4 aliphatic heterocycles. The van der Waals surface area contributed by atoms with E-state index in [0.717, 1.165) is 91.1 Å². The molecule has 2 atom stereocenters. The van der Waals surface area contributed by atoms with Crippen LogP contribution in [0.1, 0.15) is 115 Å². The van der Waals surface area contributed by atoms with Gasteiger partial charge in [0.15, 0.2) is 0 Å². The van der Waals surface area contributed by atoms with Crippen LogP contribution >= 0.6 is 0 Å². The molecule has 4 amide bonds. The number of piperazine rings is 1. The van der Waals surface area contributed by atoms with E-state index >= 15 is 0 Å². The first kappa shape index (κ1) is 48.9. The summed E-state index contributed by atoms with van der Waals surface area (Å²) >= 11 is 0. The van der Waals surface area contributed by atoms with E-state index in [9.17, 15) is 32.4 Å². The van der Waals surface area contributed by atoms with Crippen molar-refractivity contribution < 1.29 is 27.6 Å². The van der Waals surface area contributed by atoms with Crippen LogP contribution in [0.15, 0.2) is 82.5 Å². The van der Waals surface area contributed by atoms with E-state index in [4.69, 9.17) is 0 Å². The zero-order valence-corrected chi connectivity index (χ0v) is 41.3. The molecule has 1 unspecified atom stereocenters. The lowest BCUT2D eigenvalue weighted by Gasteiger charge is -2.32. The van der Waals surface area contributed by atoms with Crippen molar-refractivity contribution >= 4 is 55.5 Å². The molecule has 16 heteroatoms. The summed E-state index contributed by atoms with van der Waals surface area (Å²) < 4.78 is 31.4. The van der Waals surface area contributed by atoms with E-state index in [0.29, 0.717) is 74.7 Å². The quantitative estimate of drug-likeness (QED) is 0.0829. The van der Waals surface area contributed by atoms with Crippen LogP contribution in [0.25, 0.3) is 21.8 Å². The molecule has 368 valence electrons. The number of nitrogens with zero attached hydrogens (tertiary/aromatic N) is 5. The molecule has 0 bridgehead atoms. The number of piperidine rings is 3. The normalized spacial score (nSPS) is 19.5. The minimum absolute atomic E-state index is 0.125. The highest BCUT2D eigenvalue weighted by atomic mass is 32.2. The lowest BCUT2D eigenvalue weighted by Crippen LogP contribution is -2.46. The van der Waals surface area contributed by atoms with Crippen molar-refractivity contribution in [2.75, 3.05) is 58.9 Å². The van der Waals surface area contributed by atoms with E-state index in [2.05, 4.69) is 44.8 Å². The van der Waals surface area contributed by atoms with Crippen LogP contribution in [0.4, 0.5) is 0 Å². The first-order chi connectivity index (χ1) is 33.8. The molecule has 5 aromatic rings. The van der Waals surface area contributed by atoms with Crippen molar-refractivity contribution in [1.29, 1.82) is 0 Å². The van der Waals surface area contributed by atoms with E-state index < -0.39 is 22.0 Å². The third-order valence-electron chi connectivity index (χ3n) is 15.0. The van der Waals surface area contributed by atoms with Crippen LogP contribution in [-0.4, -0.2) is 114 Å². The van der Waals surface area contributed by atoms with Gasteiger partial charge in [-0.05, 0) is 142 Å². The Hall–Kier alpha value is -6.12. The van der Waals surface area contributed by atoms with Gasteiger partial charge in [0.2, 0.25) is 27.7 Å². The first-order valence-electron chi connectivity index (χ1n) is 25.0. The maximum atomic E-state index is 13.7. The lowest BCUT2D eigenvalue weighted by molar-refractivity contribution is -0.136. The van der Waals surface area contributed by atoms with Crippen LogP contribution in [0.5, 0.6) is 0 Å². The summed E-state index contributed by atoms with van der Waals surface area (Å²) in [6.45, 7) is 10.1. The van der Waals surface area contributed by atoms with Crippen molar-refractivity contribution in [3.05, 3.63) is 111 Å². The molecule has 1 aromatic heterocycles. The minimum Gasteiger partial charge on any atom is -0.345 e. The topological polar surface area (TPSA) is 175 Å². The Balaban J connectivity index is 0.723. The number of aryl methyl sites for hydroxylation is 2. The number of nitrogens with one attached hydrogen (secondary N) is 3. The van der Waals surface area contributed by atoms with Gasteiger partial charge in [-0.3, -0.25) is 33.6 Å². The molecular formula is C54H64N8O7S. The van der Waals surface area contributed by atoms with Gasteiger partial charge in [-0.15, -0.1) is 0 Å². The van der Waals surface area contributed by atoms with Crippen LogP contribution in [-0.2, 0) is 31.5 Å². The zero-order valence-electron chi connectivity index (χ0n) is 40.5. The third kappa shape index (κ3) is 10.3. The Morgan fingerprint density at radius 3 is 2.31 bits per heavy atom. The van der Waals surface area contributed by atoms with E-state index in [1.54, 1.807) is 23.7 Å². The number of unbranched alkanes of at least 4 members (excludes halogenated alkanes) is 1. The Morgan fingerprint density at radius 2 is 1.57 bits per heavy atom. The van der Waals surface area contributed by atoms with Crippen LogP contribution < -0.4 is 21.6 Å². The highest BCUT2D eigenvalue weighted by molar-refractivity contribution is 7.89. The molecule has 0 radical (unpaired) electrons. The number of imide groups is 1. The van der Waals surface area contributed by atoms with Gasteiger partial charge >= 0.3 is 5.69 Å². The summed E-state index contributed by atoms with van der Waals surface area (Å²) in [5, 5.41) is 10.7. The second kappa shape index (κ2) is 21.1. The molecule has 4 aliphatic rings. The summed E-state index contributed by atoms with van der Waals surface area (Å²) in [6.07, 6.45) is 6.56. The van der Waals surface area contributed by atoms with Gasteiger partial charge in [-0.2, -0.15) is 4.31 Å². The number of carbonyl (C=O) groups excluding carboxylic acids is 4. The number of benzene rings is 4. The van der Waals surface area contributed by atoms with Gasteiger partial charge in [0.1, 0.15) is 6.04 Å². The number of aromatic nitrogens is 2. The number of rotatable bonds is 12. The Labute approximate surface area is 410 Å². The maximum Gasteiger partial charge on any atom is 0.329 e. The SMILES string of the molecule is Cc1ccc(S(=O)(=O)N2CCNCC2)cc1C(=O)N[C@H](C)c1ccc(C#CC2CCN(CCCCC(=O)N3CCC(c4ccc5c(c4)n(C)c(=O)n5C4CCC(=O)NC4=O)CC3)CC2)c2ccccc12. The number of sulfonamides is 1.